The summed E-state index contributed by atoms with van der Waals surface area (Å²) in [6, 6.07) is 11.4. The third kappa shape index (κ3) is 3.94. The number of thiophene rings is 1. The van der Waals surface area contributed by atoms with Crippen molar-refractivity contribution in [2.45, 2.75) is 25.4 Å². The minimum atomic E-state index is -0.889. The molecular formula is C18H19NO4S. The minimum absolute atomic E-state index is 0.283. The van der Waals surface area contributed by atoms with E-state index in [0.29, 0.717) is 24.6 Å². The third-order valence-electron chi connectivity index (χ3n) is 4.23. The quantitative estimate of drug-likeness (QED) is 0.911. The molecule has 1 saturated heterocycles. The number of hydrogen-bond donors (Lipinski definition) is 1. The summed E-state index contributed by atoms with van der Waals surface area (Å²) in [7, 11) is 0. The molecule has 0 unspecified atom stereocenters. The predicted molar refractivity (Wildman–Crippen MR) is 91.5 cm³/mol. The Bertz CT molecular complexity index is 705. The second-order valence-electron chi connectivity index (χ2n) is 5.84. The van der Waals surface area contributed by atoms with Gasteiger partial charge in [-0.15, -0.1) is 11.3 Å². The second kappa shape index (κ2) is 7.49. The highest BCUT2D eigenvalue weighted by Gasteiger charge is 2.26. The lowest BCUT2D eigenvalue weighted by Crippen LogP contribution is -2.38. The number of ether oxygens (including phenoxy) is 1. The van der Waals surface area contributed by atoms with Crippen molar-refractivity contribution in [3.05, 3.63) is 57.8 Å². The number of likely N-dealkylation sites (tertiary alicyclic amines) is 1. The number of piperidine rings is 1. The van der Waals surface area contributed by atoms with E-state index in [4.69, 9.17) is 9.84 Å². The molecule has 5 nitrogen and oxygen atoms in total. The number of carbonyl (C=O) groups excluding carboxylic acids is 1. The van der Waals surface area contributed by atoms with Gasteiger partial charge in [0.05, 0.1) is 5.56 Å². The number of carboxylic acid groups (broad SMARTS) is 1. The molecule has 1 aliphatic heterocycles. The first-order valence-corrected chi connectivity index (χ1v) is 8.79. The number of carboxylic acids is 1. The summed E-state index contributed by atoms with van der Waals surface area (Å²) in [6.07, 6.45) is 1.38. The van der Waals surface area contributed by atoms with Gasteiger partial charge in [-0.25, -0.2) is 9.59 Å². The van der Waals surface area contributed by atoms with Gasteiger partial charge in [0.2, 0.25) is 0 Å². The van der Waals surface area contributed by atoms with Crippen molar-refractivity contribution in [1.29, 1.82) is 0 Å². The van der Waals surface area contributed by atoms with E-state index in [0.717, 1.165) is 23.3 Å². The molecule has 0 aliphatic carbocycles. The molecular weight excluding hydrogens is 326 g/mol. The number of benzene rings is 1. The van der Waals surface area contributed by atoms with Gasteiger partial charge in [0.1, 0.15) is 6.61 Å². The predicted octanol–water partition coefficient (Wildman–Crippen LogP) is 3.96. The molecule has 1 aliphatic rings. The fourth-order valence-electron chi connectivity index (χ4n) is 2.84. The van der Waals surface area contributed by atoms with Crippen LogP contribution in [0.3, 0.4) is 0 Å². The summed E-state index contributed by atoms with van der Waals surface area (Å²) in [5.41, 5.74) is 1.32. The van der Waals surface area contributed by atoms with Crippen LogP contribution in [0.1, 0.15) is 39.6 Å². The van der Waals surface area contributed by atoms with Gasteiger partial charge < -0.3 is 14.7 Å². The molecule has 0 radical (unpaired) electrons. The molecule has 0 atom stereocenters. The van der Waals surface area contributed by atoms with E-state index in [1.165, 1.54) is 11.3 Å². The molecule has 2 heterocycles. The summed E-state index contributed by atoms with van der Waals surface area (Å²) in [4.78, 5) is 25.9. The average Bonchev–Trinajstić information content (AvgIpc) is 3.11. The van der Waals surface area contributed by atoms with Gasteiger partial charge >= 0.3 is 12.1 Å². The standard InChI is InChI=1S/C18H19NO4S/c20-17(21)15-10-16(24-12-15)14-6-8-19(9-7-14)18(22)23-11-13-4-2-1-3-5-13/h1-5,10,12,14H,6-9,11H2,(H,20,21). The molecule has 3 rings (SSSR count). The van der Waals surface area contributed by atoms with Crippen LogP contribution in [-0.2, 0) is 11.3 Å². The van der Waals surface area contributed by atoms with Gasteiger partial charge in [-0.05, 0) is 30.4 Å². The molecule has 1 aromatic heterocycles. The van der Waals surface area contributed by atoms with Crippen LogP contribution in [0.5, 0.6) is 0 Å². The van der Waals surface area contributed by atoms with E-state index in [1.807, 2.05) is 30.3 Å². The van der Waals surface area contributed by atoms with Crippen molar-refractivity contribution in [1.82, 2.24) is 4.90 Å². The van der Waals surface area contributed by atoms with E-state index < -0.39 is 5.97 Å². The lowest BCUT2D eigenvalue weighted by Gasteiger charge is -2.30. The molecule has 2 aromatic rings. The minimum Gasteiger partial charge on any atom is -0.478 e. The monoisotopic (exact) mass is 345 g/mol. The zero-order chi connectivity index (χ0) is 16.9. The fourth-order valence-corrected chi connectivity index (χ4v) is 3.89. The Labute approximate surface area is 144 Å². The normalized spacial score (nSPS) is 15.2. The van der Waals surface area contributed by atoms with Crippen LogP contribution in [0.15, 0.2) is 41.8 Å². The van der Waals surface area contributed by atoms with Crippen LogP contribution >= 0.6 is 11.3 Å². The van der Waals surface area contributed by atoms with E-state index in [9.17, 15) is 9.59 Å². The Hall–Kier alpha value is -2.34. The second-order valence-corrected chi connectivity index (χ2v) is 6.79. The molecule has 0 spiro atoms. The zero-order valence-electron chi connectivity index (χ0n) is 13.2. The molecule has 6 heteroatoms. The topological polar surface area (TPSA) is 66.8 Å². The molecule has 126 valence electrons. The summed E-state index contributed by atoms with van der Waals surface area (Å²) in [5, 5.41) is 10.7. The summed E-state index contributed by atoms with van der Waals surface area (Å²) >= 11 is 1.49. The van der Waals surface area contributed by atoms with Crippen LogP contribution in [0, 0.1) is 0 Å². The molecule has 24 heavy (non-hydrogen) atoms. The SMILES string of the molecule is O=C(O)c1csc(C2CCN(C(=O)OCc3ccccc3)CC2)c1. The molecule has 1 fully saturated rings. The summed E-state index contributed by atoms with van der Waals surface area (Å²) < 4.78 is 5.36. The fraction of sp³-hybridized carbons (Fsp3) is 0.333. The molecule has 1 aromatic carbocycles. The van der Waals surface area contributed by atoms with Gasteiger partial charge in [0.25, 0.3) is 0 Å². The molecule has 1 N–H and O–H groups in total. The maximum Gasteiger partial charge on any atom is 0.410 e. The highest BCUT2D eigenvalue weighted by atomic mass is 32.1. The van der Waals surface area contributed by atoms with Crippen LogP contribution in [-0.4, -0.2) is 35.2 Å². The third-order valence-corrected chi connectivity index (χ3v) is 5.32. The lowest BCUT2D eigenvalue weighted by molar-refractivity contribution is 0.0697. The van der Waals surface area contributed by atoms with Crippen LogP contribution < -0.4 is 0 Å². The van der Waals surface area contributed by atoms with E-state index >= 15 is 0 Å². The van der Waals surface area contributed by atoms with Crippen molar-refractivity contribution < 1.29 is 19.4 Å². The van der Waals surface area contributed by atoms with Crippen molar-refractivity contribution in [3.63, 3.8) is 0 Å². The van der Waals surface area contributed by atoms with Gasteiger partial charge in [-0.3, -0.25) is 0 Å². The van der Waals surface area contributed by atoms with Gasteiger partial charge in [-0.1, -0.05) is 30.3 Å². The van der Waals surface area contributed by atoms with Crippen LogP contribution in [0.2, 0.25) is 0 Å². The van der Waals surface area contributed by atoms with Crippen molar-refractivity contribution in [2.24, 2.45) is 0 Å². The first kappa shape index (κ1) is 16.5. The summed E-state index contributed by atoms with van der Waals surface area (Å²) in [5.74, 6) is -0.569. The lowest BCUT2D eigenvalue weighted by atomic mass is 9.95. The summed E-state index contributed by atoms with van der Waals surface area (Å²) in [6.45, 7) is 1.56. The first-order valence-electron chi connectivity index (χ1n) is 7.91. The highest BCUT2D eigenvalue weighted by Crippen LogP contribution is 2.32. The van der Waals surface area contributed by atoms with Crippen molar-refractivity contribution in [2.75, 3.05) is 13.1 Å². The molecule has 1 amide bonds. The van der Waals surface area contributed by atoms with Gasteiger partial charge in [0, 0.05) is 23.3 Å². The number of aromatic carboxylic acids is 1. The number of hydrogen-bond acceptors (Lipinski definition) is 4. The van der Waals surface area contributed by atoms with Gasteiger partial charge in [-0.2, -0.15) is 0 Å². The van der Waals surface area contributed by atoms with E-state index in [1.54, 1.807) is 16.3 Å². The molecule has 0 bridgehead atoms. The van der Waals surface area contributed by atoms with Crippen molar-refractivity contribution >= 4 is 23.4 Å². The number of carbonyl (C=O) groups is 2. The van der Waals surface area contributed by atoms with E-state index in [-0.39, 0.29) is 12.7 Å². The van der Waals surface area contributed by atoms with Gasteiger partial charge in [0.15, 0.2) is 0 Å². The number of nitrogens with zero attached hydrogens (tertiary/aromatic N) is 1. The Morgan fingerprint density at radius 3 is 2.54 bits per heavy atom. The number of rotatable bonds is 4. The zero-order valence-corrected chi connectivity index (χ0v) is 14.0. The number of amides is 1. The first-order chi connectivity index (χ1) is 11.6. The van der Waals surface area contributed by atoms with Crippen LogP contribution in [0.25, 0.3) is 0 Å². The van der Waals surface area contributed by atoms with Crippen molar-refractivity contribution in [3.8, 4) is 0 Å². The Morgan fingerprint density at radius 2 is 1.92 bits per heavy atom. The smallest absolute Gasteiger partial charge is 0.410 e. The maximum atomic E-state index is 12.1. The Balaban J connectivity index is 1.49. The maximum absolute atomic E-state index is 12.1. The highest BCUT2D eigenvalue weighted by molar-refractivity contribution is 7.10. The van der Waals surface area contributed by atoms with E-state index in [2.05, 4.69) is 0 Å². The van der Waals surface area contributed by atoms with Crippen LogP contribution in [0.4, 0.5) is 4.79 Å². The molecule has 0 saturated carbocycles. The Kier molecular flexibility index (Phi) is 5.15. The largest absolute Gasteiger partial charge is 0.478 e. The Morgan fingerprint density at radius 1 is 1.21 bits per heavy atom. The average molecular weight is 345 g/mol.